The van der Waals surface area contributed by atoms with Crippen LogP contribution in [0.15, 0.2) is 0 Å². The molecular formula is C12H28N2O2S. The smallest absolute Gasteiger partial charge is 0.153 e. The lowest BCUT2D eigenvalue weighted by molar-refractivity contribution is 0.298. The first-order valence-corrected chi connectivity index (χ1v) is 8.30. The molecule has 0 aromatic carbocycles. The summed E-state index contributed by atoms with van der Waals surface area (Å²) in [5.41, 5.74) is 0. The third kappa shape index (κ3) is 7.73. The molecule has 17 heavy (non-hydrogen) atoms. The largest absolute Gasteiger partial charge is 0.316 e. The molecule has 0 aromatic rings. The highest BCUT2D eigenvalue weighted by Crippen LogP contribution is 1.99. The van der Waals surface area contributed by atoms with Crippen LogP contribution in [0.4, 0.5) is 0 Å². The van der Waals surface area contributed by atoms with E-state index >= 15 is 0 Å². The van der Waals surface area contributed by atoms with E-state index < -0.39 is 9.84 Å². The predicted molar refractivity (Wildman–Crippen MR) is 74.2 cm³/mol. The second-order valence-electron chi connectivity index (χ2n) is 4.55. The molecule has 0 aromatic heterocycles. The van der Waals surface area contributed by atoms with Gasteiger partial charge in [0.05, 0.1) is 11.0 Å². The van der Waals surface area contributed by atoms with Crippen molar-refractivity contribution in [1.29, 1.82) is 0 Å². The van der Waals surface area contributed by atoms with Crippen molar-refractivity contribution < 1.29 is 8.42 Å². The van der Waals surface area contributed by atoms with E-state index in [0.29, 0.717) is 6.54 Å². The fourth-order valence-corrected chi connectivity index (χ4v) is 2.44. The van der Waals surface area contributed by atoms with Gasteiger partial charge in [-0.05, 0) is 46.4 Å². The number of hydrogen-bond donors (Lipinski definition) is 1. The summed E-state index contributed by atoms with van der Waals surface area (Å²) in [7, 11) is -2.88. The van der Waals surface area contributed by atoms with E-state index in [1.54, 1.807) is 13.8 Å². The average molecular weight is 264 g/mol. The highest BCUT2D eigenvalue weighted by atomic mass is 32.2. The molecule has 0 fully saturated rings. The summed E-state index contributed by atoms with van der Waals surface area (Å²) in [6.07, 6.45) is 1.07. The van der Waals surface area contributed by atoms with Gasteiger partial charge < -0.3 is 10.2 Å². The van der Waals surface area contributed by atoms with Crippen LogP contribution in [0, 0.1) is 0 Å². The highest BCUT2D eigenvalue weighted by Gasteiger charge is 2.14. The van der Waals surface area contributed by atoms with Crippen LogP contribution in [0.2, 0.25) is 0 Å². The summed E-state index contributed by atoms with van der Waals surface area (Å²) in [5.74, 6) is 0.246. The minimum absolute atomic E-state index is 0.246. The van der Waals surface area contributed by atoms with Gasteiger partial charge in [0.2, 0.25) is 0 Å². The third-order valence-corrected chi connectivity index (χ3v) is 5.21. The molecule has 0 bridgehead atoms. The maximum Gasteiger partial charge on any atom is 0.153 e. The standard InChI is InChI=1S/C12H28N2O2S/c1-5-14(6-2)10-7-8-13-9-11-17(15,16)12(3)4/h12-13H,5-11H2,1-4H3. The lowest BCUT2D eigenvalue weighted by Gasteiger charge is -2.17. The van der Waals surface area contributed by atoms with Gasteiger partial charge in [-0.15, -0.1) is 0 Å². The molecule has 4 nitrogen and oxygen atoms in total. The van der Waals surface area contributed by atoms with Crippen LogP contribution in [0.25, 0.3) is 0 Å². The summed E-state index contributed by atoms with van der Waals surface area (Å²) in [6, 6.07) is 0. The number of hydrogen-bond acceptors (Lipinski definition) is 4. The molecule has 0 saturated carbocycles. The topological polar surface area (TPSA) is 49.4 Å². The van der Waals surface area contributed by atoms with E-state index in [4.69, 9.17) is 0 Å². The third-order valence-electron chi connectivity index (χ3n) is 3.00. The van der Waals surface area contributed by atoms with Crippen molar-refractivity contribution in [3.63, 3.8) is 0 Å². The Hall–Kier alpha value is -0.130. The molecule has 0 rings (SSSR count). The van der Waals surface area contributed by atoms with Crippen molar-refractivity contribution in [3.8, 4) is 0 Å². The molecule has 0 unspecified atom stereocenters. The predicted octanol–water partition coefficient (Wildman–Crippen LogP) is 1.13. The molecule has 104 valence electrons. The molecule has 0 spiro atoms. The average Bonchev–Trinajstić information content (AvgIpc) is 2.28. The summed E-state index contributed by atoms with van der Waals surface area (Å²) < 4.78 is 23.0. The van der Waals surface area contributed by atoms with Crippen molar-refractivity contribution in [2.24, 2.45) is 0 Å². The summed E-state index contributed by atoms with van der Waals surface area (Å²) in [6.45, 7) is 12.5. The zero-order valence-corrected chi connectivity index (χ0v) is 12.5. The van der Waals surface area contributed by atoms with E-state index in [9.17, 15) is 8.42 Å². The Morgan fingerprint density at radius 2 is 1.71 bits per heavy atom. The number of sulfone groups is 1. The van der Waals surface area contributed by atoms with Gasteiger partial charge >= 0.3 is 0 Å². The molecule has 0 aliphatic rings. The molecule has 0 saturated heterocycles. The van der Waals surface area contributed by atoms with Crippen LogP contribution >= 0.6 is 0 Å². The van der Waals surface area contributed by atoms with Crippen molar-refractivity contribution in [2.75, 3.05) is 38.5 Å². The zero-order chi connectivity index (χ0) is 13.3. The molecule has 0 aliphatic carbocycles. The number of rotatable bonds is 10. The van der Waals surface area contributed by atoms with Gasteiger partial charge in [-0.25, -0.2) is 8.42 Å². The normalized spacial score (nSPS) is 12.6. The van der Waals surface area contributed by atoms with Crippen LogP contribution in [0.5, 0.6) is 0 Å². The molecule has 5 heteroatoms. The minimum atomic E-state index is -2.88. The zero-order valence-electron chi connectivity index (χ0n) is 11.7. The second kappa shape index (κ2) is 8.89. The SMILES string of the molecule is CCN(CC)CCCNCCS(=O)(=O)C(C)C. The Bertz CT molecular complexity index is 272. The molecule has 0 radical (unpaired) electrons. The van der Waals surface area contributed by atoms with Gasteiger partial charge in [0.1, 0.15) is 0 Å². The van der Waals surface area contributed by atoms with E-state index in [1.165, 1.54) is 0 Å². The Labute approximate surface area is 107 Å². The lowest BCUT2D eigenvalue weighted by atomic mass is 10.3. The first-order chi connectivity index (χ1) is 7.94. The van der Waals surface area contributed by atoms with Crippen LogP contribution < -0.4 is 5.32 Å². The van der Waals surface area contributed by atoms with Gasteiger partial charge in [-0.2, -0.15) is 0 Å². The molecular weight excluding hydrogens is 236 g/mol. The summed E-state index contributed by atoms with van der Waals surface area (Å²) >= 11 is 0. The first kappa shape index (κ1) is 16.9. The summed E-state index contributed by atoms with van der Waals surface area (Å²) in [5, 5.41) is 2.93. The fourth-order valence-electron chi connectivity index (χ4n) is 1.54. The fraction of sp³-hybridized carbons (Fsp3) is 1.00. The molecule has 0 amide bonds. The van der Waals surface area contributed by atoms with Gasteiger partial charge in [-0.1, -0.05) is 13.8 Å². The van der Waals surface area contributed by atoms with Crippen LogP contribution in [-0.2, 0) is 9.84 Å². The van der Waals surface area contributed by atoms with E-state index in [-0.39, 0.29) is 11.0 Å². The molecule has 1 N–H and O–H groups in total. The van der Waals surface area contributed by atoms with Gasteiger partial charge in [-0.3, -0.25) is 0 Å². The van der Waals surface area contributed by atoms with Crippen molar-refractivity contribution in [2.45, 2.75) is 39.4 Å². The quantitative estimate of drug-likeness (QED) is 0.601. The van der Waals surface area contributed by atoms with Crippen molar-refractivity contribution in [3.05, 3.63) is 0 Å². The Kier molecular flexibility index (Phi) is 8.82. The van der Waals surface area contributed by atoms with E-state index in [1.807, 2.05) is 0 Å². The maximum atomic E-state index is 11.5. The highest BCUT2D eigenvalue weighted by molar-refractivity contribution is 7.92. The second-order valence-corrected chi connectivity index (χ2v) is 7.22. The number of nitrogens with zero attached hydrogens (tertiary/aromatic N) is 1. The maximum absolute atomic E-state index is 11.5. The Balaban J connectivity index is 3.54. The van der Waals surface area contributed by atoms with Crippen LogP contribution in [-0.4, -0.2) is 57.0 Å². The summed E-state index contributed by atoms with van der Waals surface area (Å²) in [4.78, 5) is 2.37. The van der Waals surface area contributed by atoms with E-state index in [2.05, 4.69) is 24.1 Å². The lowest BCUT2D eigenvalue weighted by Crippen LogP contribution is -2.30. The first-order valence-electron chi connectivity index (χ1n) is 6.58. The minimum Gasteiger partial charge on any atom is -0.316 e. The van der Waals surface area contributed by atoms with E-state index in [0.717, 1.165) is 32.6 Å². The van der Waals surface area contributed by atoms with Gasteiger partial charge in [0.25, 0.3) is 0 Å². The Morgan fingerprint density at radius 3 is 2.18 bits per heavy atom. The van der Waals surface area contributed by atoms with Crippen LogP contribution in [0.3, 0.4) is 0 Å². The van der Waals surface area contributed by atoms with Gasteiger partial charge in [0, 0.05) is 6.54 Å². The number of nitrogens with one attached hydrogen (secondary N) is 1. The molecule has 0 aliphatic heterocycles. The monoisotopic (exact) mass is 264 g/mol. The molecule has 0 atom stereocenters. The molecule has 0 heterocycles. The Morgan fingerprint density at radius 1 is 1.12 bits per heavy atom. The van der Waals surface area contributed by atoms with Crippen molar-refractivity contribution in [1.82, 2.24) is 10.2 Å². The van der Waals surface area contributed by atoms with Crippen LogP contribution in [0.1, 0.15) is 34.1 Å². The van der Waals surface area contributed by atoms with Crippen molar-refractivity contribution >= 4 is 9.84 Å². The van der Waals surface area contributed by atoms with Gasteiger partial charge in [0.15, 0.2) is 9.84 Å².